The number of ether oxygens (including phenoxy) is 1. The van der Waals surface area contributed by atoms with E-state index in [-0.39, 0.29) is 12.0 Å². The number of alkyl halides is 3. The molecule has 9 nitrogen and oxygen atoms in total. The lowest BCUT2D eigenvalue weighted by Crippen LogP contribution is -2.47. The molecule has 1 aromatic heterocycles. The van der Waals surface area contributed by atoms with E-state index in [0.29, 0.717) is 29.4 Å². The van der Waals surface area contributed by atoms with Gasteiger partial charge in [-0.25, -0.2) is 14.0 Å². The molecule has 1 saturated heterocycles. The number of primary amides is 1. The van der Waals surface area contributed by atoms with Crippen LogP contribution in [-0.2, 0) is 4.79 Å². The van der Waals surface area contributed by atoms with Crippen molar-refractivity contribution in [1.82, 2.24) is 9.47 Å². The minimum absolute atomic E-state index is 0.0724. The van der Waals surface area contributed by atoms with Gasteiger partial charge in [0.2, 0.25) is 5.91 Å². The fraction of sp³-hybridized carbons (Fsp3) is 0.261. The van der Waals surface area contributed by atoms with Crippen LogP contribution in [0.5, 0.6) is 5.75 Å². The minimum atomic E-state index is -5.11. The molecule has 0 radical (unpaired) electrons. The van der Waals surface area contributed by atoms with Crippen LogP contribution >= 0.6 is 0 Å². The van der Waals surface area contributed by atoms with Crippen molar-refractivity contribution in [3.63, 3.8) is 0 Å². The number of urea groups is 1. The van der Waals surface area contributed by atoms with Crippen LogP contribution in [0.2, 0.25) is 0 Å². The molecule has 5 rings (SSSR count). The fourth-order valence-electron chi connectivity index (χ4n) is 4.65. The summed E-state index contributed by atoms with van der Waals surface area (Å²) >= 11 is 0. The minimum Gasteiger partial charge on any atom is -0.403 e. The van der Waals surface area contributed by atoms with E-state index in [1.165, 1.54) is 15.7 Å². The van der Waals surface area contributed by atoms with E-state index in [4.69, 9.17) is 5.73 Å². The smallest absolute Gasteiger partial charge is 0.403 e. The van der Waals surface area contributed by atoms with Crippen molar-refractivity contribution >= 4 is 40.2 Å². The highest BCUT2D eigenvalue weighted by Crippen LogP contribution is 2.48. The van der Waals surface area contributed by atoms with E-state index in [9.17, 15) is 31.9 Å². The molecule has 2 heterocycles. The Bertz CT molecular complexity index is 1390. The zero-order valence-corrected chi connectivity index (χ0v) is 18.4. The summed E-state index contributed by atoms with van der Waals surface area (Å²) in [6.07, 6.45) is -2.73. The molecule has 4 N–H and O–H groups in total. The van der Waals surface area contributed by atoms with Crippen LogP contribution in [-0.4, -0.2) is 45.9 Å². The molecule has 0 bridgehead atoms. The number of carbonyl (C=O) groups excluding carboxylic acids is 3. The lowest BCUT2D eigenvalue weighted by atomic mass is 10.1. The number of carbonyl (C=O) groups is 3. The first-order chi connectivity index (χ1) is 17.0. The van der Waals surface area contributed by atoms with Gasteiger partial charge >= 0.3 is 18.4 Å². The second-order valence-corrected chi connectivity index (χ2v) is 8.57. The van der Waals surface area contributed by atoms with Crippen LogP contribution in [0.3, 0.4) is 0 Å². The summed E-state index contributed by atoms with van der Waals surface area (Å²) < 4.78 is 56.9. The number of hydrogen-bond donors (Lipinski definition) is 3. The maximum atomic E-state index is 14.5. The van der Waals surface area contributed by atoms with Crippen molar-refractivity contribution in [2.45, 2.75) is 31.3 Å². The number of benzene rings is 2. The zero-order chi connectivity index (χ0) is 25.8. The second kappa shape index (κ2) is 8.43. The fourth-order valence-corrected chi connectivity index (χ4v) is 4.65. The van der Waals surface area contributed by atoms with E-state index < -0.39 is 47.6 Å². The standard InChI is InChI=1S/C23H19F4N5O4/c24-19-13(5-3-7-18(19)36-23(25,26)27)29-20(33)17-9-11-8-16(11)32(17)22(35)30-14-10-31(21(28)34)15-6-2-1-4-12(14)15/h1-7,10-11,16-17H,8-9H2,(H2,28,34)(H,29,33)(H,30,35)/t11?,16?,17-/m0/s1. The maximum Gasteiger partial charge on any atom is 0.573 e. The number of para-hydroxylation sites is 1. The highest BCUT2D eigenvalue weighted by molar-refractivity contribution is 6.06. The van der Waals surface area contributed by atoms with Crippen LogP contribution in [0, 0.1) is 11.7 Å². The van der Waals surface area contributed by atoms with Crippen molar-refractivity contribution in [3.05, 3.63) is 54.5 Å². The van der Waals surface area contributed by atoms with Gasteiger partial charge in [0.05, 0.1) is 16.9 Å². The van der Waals surface area contributed by atoms with Crippen LogP contribution in [0.4, 0.5) is 38.5 Å². The van der Waals surface area contributed by atoms with Crippen LogP contribution in [0.1, 0.15) is 12.8 Å². The number of nitrogens with two attached hydrogens (primary N) is 1. The van der Waals surface area contributed by atoms with Crippen molar-refractivity contribution in [3.8, 4) is 5.75 Å². The van der Waals surface area contributed by atoms with E-state index >= 15 is 0 Å². The van der Waals surface area contributed by atoms with Crippen molar-refractivity contribution < 1.29 is 36.7 Å². The average molecular weight is 505 g/mol. The molecule has 3 aromatic rings. The molecule has 2 aliphatic rings. The zero-order valence-electron chi connectivity index (χ0n) is 18.4. The third kappa shape index (κ3) is 4.27. The molecule has 2 unspecified atom stereocenters. The van der Waals surface area contributed by atoms with Gasteiger partial charge in [-0.15, -0.1) is 13.2 Å². The Balaban J connectivity index is 1.35. The largest absolute Gasteiger partial charge is 0.573 e. The van der Waals surface area contributed by atoms with Gasteiger partial charge < -0.3 is 26.0 Å². The normalized spacial score (nSPS) is 20.7. The first-order valence-corrected chi connectivity index (χ1v) is 10.9. The Labute approximate surface area is 200 Å². The monoisotopic (exact) mass is 505 g/mol. The van der Waals surface area contributed by atoms with Crippen molar-refractivity contribution in [2.75, 3.05) is 10.6 Å². The van der Waals surface area contributed by atoms with Gasteiger partial charge in [-0.05, 0) is 37.0 Å². The molecule has 1 aliphatic carbocycles. The van der Waals surface area contributed by atoms with Gasteiger partial charge in [0.1, 0.15) is 6.04 Å². The summed E-state index contributed by atoms with van der Waals surface area (Å²) in [7, 11) is 0. The van der Waals surface area contributed by atoms with Crippen LogP contribution in [0.15, 0.2) is 48.7 Å². The highest BCUT2D eigenvalue weighted by atomic mass is 19.4. The van der Waals surface area contributed by atoms with Gasteiger partial charge in [0, 0.05) is 17.6 Å². The molecule has 13 heteroatoms. The lowest BCUT2D eigenvalue weighted by Gasteiger charge is -2.27. The molecule has 0 spiro atoms. The summed E-state index contributed by atoms with van der Waals surface area (Å²) in [5.41, 5.74) is 5.69. The van der Waals surface area contributed by atoms with Gasteiger partial charge in [-0.1, -0.05) is 24.3 Å². The molecule has 2 fully saturated rings. The second-order valence-electron chi connectivity index (χ2n) is 8.57. The van der Waals surface area contributed by atoms with Gasteiger partial charge in [0.15, 0.2) is 11.6 Å². The number of fused-ring (bicyclic) bond motifs is 2. The number of anilines is 2. The molecule has 36 heavy (non-hydrogen) atoms. The summed E-state index contributed by atoms with van der Waals surface area (Å²) in [6.45, 7) is 0. The van der Waals surface area contributed by atoms with Gasteiger partial charge in [-0.2, -0.15) is 0 Å². The number of aromatic nitrogens is 1. The molecule has 3 atom stereocenters. The molecule has 188 valence electrons. The van der Waals surface area contributed by atoms with Crippen molar-refractivity contribution in [1.29, 1.82) is 0 Å². The Morgan fingerprint density at radius 2 is 1.75 bits per heavy atom. The molecule has 1 saturated carbocycles. The summed E-state index contributed by atoms with van der Waals surface area (Å²) in [4.78, 5) is 39.3. The Hall–Kier alpha value is -4.29. The summed E-state index contributed by atoms with van der Waals surface area (Å²) in [5.74, 6) is -3.15. The number of rotatable bonds is 4. The molecule has 2 aromatic carbocycles. The predicted octanol–water partition coefficient (Wildman–Crippen LogP) is 4.24. The van der Waals surface area contributed by atoms with E-state index in [1.54, 1.807) is 24.3 Å². The summed E-state index contributed by atoms with van der Waals surface area (Å²) in [6, 6.07) is 7.20. The number of nitrogens with one attached hydrogen (secondary N) is 2. The van der Waals surface area contributed by atoms with Gasteiger partial charge in [0.25, 0.3) is 0 Å². The SMILES string of the molecule is NC(=O)n1cc(NC(=O)N2C3CC3C[C@H]2C(=O)Nc2cccc(OC(F)(F)F)c2F)c2ccccc21. The number of amides is 4. The quantitative estimate of drug-likeness (QED) is 0.460. The third-order valence-electron chi connectivity index (χ3n) is 6.28. The topological polar surface area (TPSA) is 119 Å². The molecular weight excluding hydrogens is 486 g/mol. The predicted molar refractivity (Wildman–Crippen MR) is 120 cm³/mol. The number of piperidine rings is 1. The lowest BCUT2D eigenvalue weighted by molar-refractivity contribution is -0.275. The Morgan fingerprint density at radius 3 is 2.47 bits per heavy atom. The summed E-state index contributed by atoms with van der Waals surface area (Å²) in [5, 5.41) is 5.54. The van der Waals surface area contributed by atoms with E-state index in [1.807, 2.05) is 0 Å². The van der Waals surface area contributed by atoms with E-state index in [0.717, 1.165) is 18.2 Å². The first kappa shape index (κ1) is 23.5. The number of hydrogen-bond acceptors (Lipinski definition) is 4. The number of likely N-dealkylation sites (tertiary alicyclic amines) is 1. The number of halogens is 4. The first-order valence-electron chi connectivity index (χ1n) is 10.9. The average Bonchev–Trinajstić information content (AvgIpc) is 3.31. The van der Waals surface area contributed by atoms with Crippen LogP contribution < -0.4 is 21.1 Å². The Kier molecular flexibility index (Phi) is 5.49. The maximum absolute atomic E-state index is 14.5. The molecular formula is C23H19F4N5O4. The molecule has 1 aliphatic heterocycles. The van der Waals surface area contributed by atoms with E-state index in [2.05, 4.69) is 15.4 Å². The number of nitrogens with zero attached hydrogens (tertiary/aromatic N) is 2. The van der Waals surface area contributed by atoms with Crippen LogP contribution in [0.25, 0.3) is 10.9 Å². The van der Waals surface area contributed by atoms with Crippen molar-refractivity contribution in [2.24, 2.45) is 11.7 Å². The Morgan fingerprint density at radius 1 is 1.00 bits per heavy atom. The highest BCUT2D eigenvalue weighted by Gasteiger charge is 2.56. The van der Waals surface area contributed by atoms with Gasteiger partial charge in [-0.3, -0.25) is 9.36 Å². The third-order valence-corrected chi connectivity index (χ3v) is 6.28. The molecule has 4 amide bonds.